The molecule has 24 heavy (non-hydrogen) atoms. The summed E-state index contributed by atoms with van der Waals surface area (Å²) in [5.74, 6) is -0.289. The monoisotopic (exact) mass is 360 g/mol. The van der Waals surface area contributed by atoms with E-state index in [1.807, 2.05) is 12.1 Å². The van der Waals surface area contributed by atoms with E-state index in [4.69, 9.17) is 11.6 Å². The number of Topliss-reactive ketones (excluding diaryl/α,β-unsaturated/α-hetero) is 1. The highest BCUT2D eigenvalue weighted by molar-refractivity contribution is 7.18. The van der Waals surface area contributed by atoms with Gasteiger partial charge in [0.15, 0.2) is 5.78 Å². The van der Waals surface area contributed by atoms with Crippen molar-refractivity contribution in [3.8, 4) is 5.69 Å². The summed E-state index contributed by atoms with van der Waals surface area (Å²) in [7, 11) is 0. The molecule has 0 bridgehead atoms. The second-order valence-corrected chi connectivity index (χ2v) is 6.68. The number of nitrogens with zero attached hydrogens (tertiary/aromatic N) is 3. The summed E-state index contributed by atoms with van der Waals surface area (Å²) in [6.07, 6.45) is 3.32. The molecular formula is C16H13ClN4O2S. The molecule has 8 heteroatoms. The van der Waals surface area contributed by atoms with Crippen molar-refractivity contribution >= 4 is 40.3 Å². The van der Waals surface area contributed by atoms with Crippen molar-refractivity contribution in [3.05, 3.63) is 58.3 Å². The van der Waals surface area contributed by atoms with Gasteiger partial charge in [-0.1, -0.05) is 11.6 Å². The van der Waals surface area contributed by atoms with Crippen LogP contribution in [-0.2, 0) is 4.79 Å². The Morgan fingerprint density at radius 1 is 1.12 bits per heavy atom. The molecule has 122 valence electrons. The van der Waals surface area contributed by atoms with Crippen molar-refractivity contribution in [3.63, 3.8) is 0 Å². The fraction of sp³-hybridized carbons (Fsp3) is 0.125. The van der Waals surface area contributed by atoms with Gasteiger partial charge < -0.3 is 5.32 Å². The molecule has 0 spiro atoms. The molecule has 3 rings (SSSR count). The summed E-state index contributed by atoms with van der Waals surface area (Å²) in [6.45, 7) is 0. The maximum Gasteiger partial charge on any atom is 0.224 e. The third-order valence-corrected chi connectivity index (χ3v) is 4.53. The summed E-state index contributed by atoms with van der Waals surface area (Å²) in [5, 5.41) is 6.80. The molecule has 3 aromatic rings. The van der Waals surface area contributed by atoms with Crippen LogP contribution in [0.25, 0.3) is 5.69 Å². The molecule has 1 amide bonds. The highest BCUT2D eigenvalue weighted by atomic mass is 35.5. The molecule has 0 aliphatic heterocycles. The van der Waals surface area contributed by atoms with Gasteiger partial charge in [0.1, 0.15) is 12.7 Å². The fourth-order valence-corrected chi connectivity index (χ4v) is 3.09. The molecule has 1 aromatic carbocycles. The molecule has 0 fully saturated rings. The highest BCUT2D eigenvalue weighted by Gasteiger charge is 2.11. The lowest BCUT2D eigenvalue weighted by Crippen LogP contribution is -2.13. The number of benzene rings is 1. The number of amides is 1. The lowest BCUT2D eigenvalue weighted by Gasteiger charge is -2.06. The maximum atomic E-state index is 12.0. The van der Waals surface area contributed by atoms with E-state index in [0.29, 0.717) is 14.9 Å². The molecule has 0 unspecified atom stereocenters. The Kier molecular flexibility index (Phi) is 5.02. The van der Waals surface area contributed by atoms with Gasteiger partial charge in [-0.2, -0.15) is 5.10 Å². The minimum atomic E-state index is -0.209. The number of rotatable bonds is 6. The molecular weight excluding hydrogens is 348 g/mol. The SMILES string of the molecule is O=C(CCC(=O)c1ccc(Cl)s1)Nc1ccc(-n2cncn2)cc1. The van der Waals surface area contributed by atoms with Crippen molar-refractivity contribution in [2.24, 2.45) is 0 Å². The predicted octanol–water partition coefficient (Wildman–Crippen LogP) is 3.58. The number of hydrogen-bond acceptors (Lipinski definition) is 5. The van der Waals surface area contributed by atoms with E-state index in [0.717, 1.165) is 5.69 Å². The van der Waals surface area contributed by atoms with Crippen molar-refractivity contribution < 1.29 is 9.59 Å². The summed E-state index contributed by atoms with van der Waals surface area (Å²) >= 11 is 7.02. The molecule has 6 nitrogen and oxygen atoms in total. The summed E-state index contributed by atoms with van der Waals surface area (Å²) < 4.78 is 2.19. The van der Waals surface area contributed by atoms with Gasteiger partial charge in [0, 0.05) is 18.5 Å². The van der Waals surface area contributed by atoms with Gasteiger partial charge in [0.2, 0.25) is 5.91 Å². The average Bonchev–Trinajstić information content (AvgIpc) is 3.25. The topological polar surface area (TPSA) is 76.9 Å². The van der Waals surface area contributed by atoms with Crippen LogP contribution in [0.4, 0.5) is 5.69 Å². The third-order valence-electron chi connectivity index (χ3n) is 3.26. The zero-order valence-electron chi connectivity index (χ0n) is 12.5. The molecule has 2 aromatic heterocycles. The number of carbonyl (C=O) groups is 2. The van der Waals surface area contributed by atoms with Crippen molar-refractivity contribution in [2.45, 2.75) is 12.8 Å². The van der Waals surface area contributed by atoms with Crippen LogP contribution in [0.3, 0.4) is 0 Å². The molecule has 0 atom stereocenters. The number of ketones is 1. The number of thiophene rings is 1. The van der Waals surface area contributed by atoms with E-state index in [-0.39, 0.29) is 24.5 Å². The largest absolute Gasteiger partial charge is 0.326 e. The quantitative estimate of drug-likeness (QED) is 0.681. The van der Waals surface area contributed by atoms with Crippen LogP contribution >= 0.6 is 22.9 Å². The fourth-order valence-electron chi connectivity index (χ4n) is 2.08. The van der Waals surface area contributed by atoms with E-state index in [9.17, 15) is 9.59 Å². The normalized spacial score (nSPS) is 10.5. The summed E-state index contributed by atoms with van der Waals surface area (Å²) in [5.41, 5.74) is 1.51. The standard InChI is InChI=1S/C16H13ClN4O2S/c17-15-7-6-14(24-15)13(22)5-8-16(23)20-11-1-3-12(4-2-11)21-10-18-9-19-21/h1-4,6-7,9-10H,5,8H2,(H,20,23). The molecule has 1 N–H and O–H groups in total. The third kappa shape index (κ3) is 4.06. The average molecular weight is 361 g/mol. The zero-order valence-corrected chi connectivity index (χ0v) is 14.0. The van der Waals surface area contributed by atoms with Crippen LogP contribution in [0, 0.1) is 0 Å². The molecule has 0 aliphatic rings. The first-order valence-electron chi connectivity index (χ1n) is 7.15. The Morgan fingerprint density at radius 3 is 2.54 bits per heavy atom. The molecule has 0 aliphatic carbocycles. The maximum absolute atomic E-state index is 12.0. The van der Waals surface area contributed by atoms with Crippen molar-refractivity contribution in [1.29, 1.82) is 0 Å². The van der Waals surface area contributed by atoms with E-state index in [2.05, 4.69) is 15.4 Å². The lowest BCUT2D eigenvalue weighted by molar-refractivity contribution is -0.116. The molecule has 2 heterocycles. The molecule has 0 saturated heterocycles. The Balaban J connectivity index is 1.52. The first-order chi connectivity index (χ1) is 11.6. The first-order valence-corrected chi connectivity index (χ1v) is 8.35. The van der Waals surface area contributed by atoms with Gasteiger partial charge in [0.25, 0.3) is 0 Å². The number of aromatic nitrogens is 3. The minimum Gasteiger partial charge on any atom is -0.326 e. The van der Waals surface area contributed by atoms with Crippen LogP contribution < -0.4 is 5.32 Å². The van der Waals surface area contributed by atoms with Crippen LogP contribution in [-0.4, -0.2) is 26.5 Å². The Hall–Kier alpha value is -2.51. The zero-order chi connectivity index (χ0) is 16.9. The van der Waals surface area contributed by atoms with Crippen LogP contribution in [0.1, 0.15) is 22.5 Å². The van der Waals surface area contributed by atoms with E-state index in [1.165, 1.54) is 17.7 Å². The Bertz CT molecular complexity index is 843. The number of anilines is 1. The van der Waals surface area contributed by atoms with Crippen LogP contribution in [0.15, 0.2) is 49.1 Å². The lowest BCUT2D eigenvalue weighted by atomic mass is 10.2. The van der Waals surface area contributed by atoms with Crippen LogP contribution in [0.2, 0.25) is 4.34 Å². The smallest absolute Gasteiger partial charge is 0.224 e. The Labute approximate surface area is 147 Å². The van der Waals surface area contributed by atoms with Crippen molar-refractivity contribution in [2.75, 3.05) is 5.32 Å². The second-order valence-electron chi connectivity index (χ2n) is 4.96. The van der Waals surface area contributed by atoms with Gasteiger partial charge >= 0.3 is 0 Å². The highest BCUT2D eigenvalue weighted by Crippen LogP contribution is 2.23. The van der Waals surface area contributed by atoms with E-state index < -0.39 is 0 Å². The van der Waals surface area contributed by atoms with Gasteiger partial charge in [-0.05, 0) is 36.4 Å². The van der Waals surface area contributed by atoms with E-state index >= 15 is 0 Å². The van der Waals surface area contributed by atoms with E-state index in [1.54, 1.807) is 35.3 Å². The predicted molar refractivity (Wildman–Crippen MR) is 92.9 cm³/mol. The Morgan fingerprint density at radius 2 is 1.92 bits per heavy atom. The summed E-state index contributed by atoms with van der Waals surface area (Å²) in [6, 6.07) is 10.5. The van der Waals surface area contributed by atoms with Gasteiger partial charge in [-0.3, -0.25) is 9.59 Å². The molecule has 0 radical (unpaired) electrons. The van der Waals surface area contributed by atoms with Gasteiger partial charge in [-0.25, -0.2) is 9.67 Å². The number of hydrogen-bond donors (Lipinski definition) is 1. The second kappa shape index (κ2) is 7.37. The van der Waals surface area contributed by atoms with Gasteiger partial charge in [0.05, 0.1) is 14.9 Å². The summed E-state index contributed by atoms with van der Waals surface area (Å²) in [4.78, 5) is 28.4. The first kappa shape index (κ1) is 16.4. The molecule has 0 saturated carbocycles. The number of carbonyl (C=O) groups excluding carboxylic acids is 2. The van der Waals surface area contributed by atoms with Crippen molar-refractivity contribution in [1.82, 2.24) is 14.8 Å². The van der Waals surface area contributed by atoms with Gasteiger partial charge in [-0.15, -0.1) is 11.3 Å². The number of halogens is 1. The number of nitrogens with one attached hydrogen (secondary N) is 1. The van der Waals surface area contributed by atoms with Crippen LogP contribution in [0.5, 0.6) is 0 Å². The minimum absolute atomic E-state index is 0.0800.